The summed E-state index contributed by atoms with van der Waals surface area (Å²) >= 11 is 0. The number of rotatable bonds is 4. The number of likely N-dealkylation sites (tertiary alicyclic amines) is 1. The van der Waals surface area contributed by atoms with Crippen LogP contribution in [0.25, 0.3) is 0 Å². The molecular formula is C21H30N4O3. The molecule has 28 heavy (non-hydrogen) atoms. The lowest BCUT2D eigenvalue weighted by Crippen LogP contribution is -2.51. The van der Waals surface area contributed by atoms with Gasteiger partial charge in [-0.05, 0) is 62.4 Å². The number of carbonyl (C=O) groups is 2. The molecule has 2 aliphatic heterocycles. The van der Waals surface area contributed by atoms with Gasteiger partial charge in [-0.2, -0.15) is 0 Å². The van der Waals surface area contributed by atoms with Crippen LogP contribution in [0.2, 0.25) is 0 Å². The minimum Gasteiger partial charge on any atom is -0.450 e. The Hall–Kier alpha value is -2.15. The number of carbonyl (C=O) groups excluding carboxylic acids is 2. The smallest absolute Gasteiger partial charge is 0.409 e. The van der Waals surface area contributed by atoms with Gasteiger partial charge in [0.15, 0.2) is 0 Å². The molecule has 3 fully saturated rings. The summed E-state index contributed by atoms with van der Waals surface area (Å²) in [5.41, 5.74) is 1.53. The van der Waals surface area contributed by atoms with Gasteiger partial charge in [-0.1, -0.05) is 0 Å². The molecule has 0 radical (unpaired) electrons. The molecule has 0 bridgehead atoms. The molecule has 3 heterocycles. The first-order valence-electron chi connectivity index (χ1n) is 10.4. The molecular weight excluding hydrogens is 356 g/mol. The minimum absolute atomic E-state index is 0.185. The fourth-order valence-electron chi connectivity index (χ4n) is 4.70. The quantitative estimate of drug-likeness (QED) is 0.792. The van der Waals surface area contributed by atoms with Gasteiger partial charge in [-0.25, -0.2) is 4.79 Å². The molecule has 1 unspecified atom stereocenters. The molecule has 7 heteroatoms. The van der Waals surface area contributed by atoms with E-state index in [1.54, 1.807) is 4.90 Å². The van der Waals surface area contributed by atoms with Crippen molar-refractivity contribution in [2.45, 2.75) is 32.7 Å². The Morgan fingerprint density at radius 1 is 1.07 bits per heavy atom. The minimum atomic E-state index is -0.265. The number of piperidine rings is 1. The summed E-state index contributed by atoms with van der Waals surface area (Å²) in [7, 11) is 0. The lowest BCUT2D eigenvalue weighted by Gasteiger charge is -2.36. The number of hydrogen-bond donors (Lipinski definition) is 0. The molecule has 0 aromatic carbocycles. The zero-order valence-electron chi connectivity index (χ0n) is 16.7. The van der Waals surface area contributed by atoms with Crippen molar-refractivity contribution in [1.29, 1.82) is 0 Å². The van der Waals surface area contributed by atoms with Crippen molar-refractivity contribution in [3.05, 3.63) is 30.1 Å². The largest absolute Gasteiger partial charge is 0.450 e. The Morgan fingerprint density at radius 2 is 1.71 bits per heavy atom. The van der Waals surface area contributed by atoms with Crippen molar-refractivity contribution >= 4 is 12.0 Å². The van der Waals surface area contributed by atoms with Gasteiger partial charge in [-0.15, -0.1) is 0 Å². The van der Waals surface area contributed by atoms with Crippen LogP contribution in [0.15, 0.2) is 24.5 Å². The molecule has 1 aliphatic carbocycles. The predicted molar refractivity (Wildman–Crippen MR) is 104 cm³/mol. The number of pyridine rings is 1. The average molecular weight is 386 g/mol. The Morgan fingerprint density at radius 3 is 2.36 bits per heavy atom. The number of aromatic nitrogens is 1. The Bertz CT molecular complexity index is 695. The summed E-state index contributed by atoms with van der Waals surface area (Å²) in [6.07, 6.45) is 6.68. The first-order chi connectivity index (χ1) is 13.6. The van der Waals surface area contributed by atoms with Crippen LogP contribution in [0.5, 0.6) is 0 Å². The third-order valence-corrected chi connectivity index (χ3v) is 6.61. The molecule has 1 saturated carbocycles. The Balaban J connectivity index is 1.23. The van der Waals surface area contributed by atoms with E-state index in [-0.39, 0.29) is 17.4 Å². The number of hydrogen-bond acceptors (Lipinski definition) is 5. The van der Waals surface area contributed by atoms with Crippen LogP contribution >= 0.6 is 0 Å². The maximum Gasteiger partial charge on any atom is 0.409 e. The van der Waals surface area contributed by atoms with Crippen molar-refractivity contribution in [3.8, 4) is 0 Å². The average Bonchev–Trinajstić information content (AvgIpc) is 3.44. The second kappa shape index (κ2) is 8.07. The van der Waals surface area contributed by atoms with E-state index in [0.29, 0.717) is 38.7 Å². The summed E-state index contributed by atoms with van der Waals surface area (Å²) in [6.45, 7) is 7.68. The van der Waals surface area contributed by atoms with Gasteiger partial charge in [0.1, 0.15) is 0 Å². The van der Waals surface area contributed by atoms with Gasteiger partial charge in [-0.3, -0.25) is 14.7 Å². The molecule has 152 valence electrons. The Labute approximate surface area is 166 Å². The molecule has 1 aromatic heterocycles. The number of amides is 2. The highest BCUT2D eigenvalue weighted by molar-refractivity contribution is 5.83. The maximum absolute atomic E-state index is 13.0. The first kappa shape index (κ1) is 19.2. The van der Waals surface area contributed by atoms with Crippen LogP contribution in [-0.4, -0.2) is 77.6 Å². The Kier molecular flexibility index (Phi) is 5.53. The van der Waals surface area contributed by atoms with Gasteiger partial charge in [0, 0.05) is 51.0 Å². The number of ether oxygens (including phenoxy) is 1. The SMILES string of the molecule is CCOC(=O)N1CCN(C(=O)C2CC23CCN(Cc2ccncc2)CC3)CC1. The van der Waals surface area contributed by atoms with E-state index in [2.05, 4.69) is 22.0 Å². The normalized spacial score (nSPS) is 24.2. The van der Waals surface area contributed by atoms with Crippen molar-refractivity contribution < 1.29 is 14.3 Å². The van der Waals surface area contributed by atoms with Crippen molar-refractivity contribution in [1.82, 2.24) is 19.7 Å². The monoisotopic (exact) mass is 386 g/mol. The van der Waals surface area contributed by atoms with E-state index in [9.17, 15) is 9.59 Å². The fraction of sp³-hybridized carbons (Fsp3) is 0.667. The summed E-state index contributed by atoms with van der Waals surface area (Å²) in [5.74, 6) is 0.482. The van der Waals surface area contributed by atoms with Gasteiger partial charge in [0.2, 0.25) is 5.91 Å². The lowest BCUT2D eigenvalue weighted by atomic mass is 9.90. The predicted octanol–water partition coefficient (Wildman–Crippen LogP) is 1.98. The molecule has 0 N–H and O–H groups in total. The zero-order valence-corrected chi connectivity index (χ0v) is 16.7. The second-order valence-corrected chi connectivity index (χ2v) is 8.26. The van der Waals surface area contributed by atoms with Crippen molar-refractivity contribution in [3.63, 3.8) is 0 Å². The van der Waals surface area contributed by atoms with Crippen molar-refractivity contribution in [2.24, 2.45) is 11.3 Å². The maximum atomic E-state index is 13.0. The second-order valence-electron chi connectivity index (χ2n) is 8.26. The molecule has 3 aliphatic rings. The number of nitrogens with zero attached hydrogens (tertiary/aromatic N) is 4. The van der Waals surface area contributed by atoms with E-state index in [0.717, 1.165) is 38.9 Å². The topological polar surface area (TPSA) is 66.0 Å². The molecule has 7 nitrogen and oxygen atoms in total. The van der Waals surface area contributed by atoms with Crippen LogP contribution < -0.4 is 0 Å². The van der Waals surface area contributed by atoms with Crippen LogP contribution in [0.3, 0.4) is 0 Å². The van der Waals surface area contributed by atoms with Crippen molar-refractivity contribution in [2.75, 3.05) is 45.9 Å². The molecule has 1 aromatic rings. The van der Waals surface area contributed by atoms with E-state index >= 15 is 0 Å². The van der Waals surface area contributed by atoms with Crippen LogP contribution in [-0.2, 0) is 16.1 Å². The highest BCUT2D eigenvalue weighted by atomic mass is 16.6. The fourth-order valence-corrected chi connectivity index (χ4v) is 4.70. The van der Waals surface area contributed by atoms with Crippen LogP contribution in [0, 0.1) is 11.3 Å². The zero-order chi connectivity index (χ0) is 19.6. The van der Waals surface area contributed by atoms with Gasteiger partial charge in [0.25, 0.3) is 0 Å². The standard InChI is InChI=1S/C21H30N4O3/c1-2-28-20(27)25-13-11-24(12-14-25)19(26)18-15-21(18)5-9-23(10-6-21)16-17-3-7-22-8-4-17/h3-4,7-8,18H,2,5-6,9-16H2,1H3. The summed E-state index contributed by atoms with van der Waals surface area (Å²) in [4.78, 5) is 35.0. The summed E-state index contributed by atoms with van der Waals surface area (Å²) < 4.78 is 5.05. The van der Waals surface area contributed by atoms with Gasteiger partial charge >= 0.3 is 6.09 Å². The van der Waals surface area contributed by atoms with E-state index in [1.807, 2.05) is 24.2 Å². The van der Waals surface area contributed by atoms with E-state index < -0.39 is 0 Å². The first-order valence-corrected chi connectivity index (χ1v) is 10.4. The number of piperazine rings is 1. The van der Waals surface area contributed by atoms with E-state index in [4.69, 9.17) is 4.74 Å². The molecule has 2 amide bonds. The van der Waals surface area contributed by atoms with E-state index in [1.165, 1.54) is 5.56 Å². The summed E-state index contributed by atoms with van der Waals surface area (Å²) in [5, 5.41) is 0. The third kappa shape index (κ3) is 3.99. The van der Waals surface area contributed by atoms with Crippen LogP contribution in [0.1, 0.15) is 31.7 Å². The molecule has 4 rings (SSSR count). The molecule has 1 spiro atoms. The van der Waals surface area contributed by atoms with Gasteiger partial charge in [0.05, 0.1) is 6.61 Å². The highest BCUT2D eigenvalue weighted by Gasteiger charge is 2.59. The summed E-state index contributed by atoms with van der Waals surface area (Å²) in [6, 6.07) is 4.15. The van der Waals surface area contributed by atoms with Gasteiger partial charge < -0.3 is 14.5 Å². The van der Waals surface area contributed by atoms with Crippen LogP contribution in [0.4, 0.5) is 4.79 Å². The molecule has 2 saturated heterocycles. The third-order valence-electron chi connectivity index (χ3n) is 6.61. The highest BCUT2D eigenvalue weighted by Crippen LogP contribution is 2.60. The lowest BCUT2D eigenvalue weighted by molar-refractivity contribution is -0.135. The molecule has 1 atom stereocenters.